The summed E-state index contributed by atoms with van der Waals surface area (Å²) in [6.45, 7) is 4.09. The Hall–Kier alpha value is -3.56. The average molecular weight is 379 g/mol. The van der Waals surface area contributed by atoms with Crippen LogP contribution in [-0.4, -0.2) is 17.9 Å². The van der Waals surface area contributed by atoms with Crippen molar-refractivity contribution >= 4 is 22.3 Å². The molecule has 0 aliphatic heterocycles. The molecule has 0 aliphatic rings. The molecule has 0 fully saturated rings. The summed E-state index contributed by atoms with van der Waals surface area (Å²) < 4.78 is 5.99. The number of carbonyl (C=O) groups is 1. The second-order valence-corrected chi connectivity index (χ2v) is 6.81. The molecule has 0 spiro atoms. The van der Waals surface area contributed by atoms with Crippen LogP contribution in [-0.2, 0) is 15.1 Å². The number of ether oxygens (including phenoxy) is 1. The molecule has 1 atom stereocenters. The van der Waals surface area contributed by atoms with Gasteiger partial charge in [0, 0.05) is 18.1 Å². The smallest absolute Gasteiger partial charge is 0.205 e. The third-order valence-electron chi connectivity index (χ3n) is 5.16. The van der Waals surface area contributed by atoms with E-state index in [0.29, 0.717) is 16.8 Å². The molecule has 1 heterocycles. The number of benzene rings is 3. The van der Waals surface area contributed by atoms with E-state index < -0.39 is 5.60 Å². The number of para-hydroxylation sites is 1. The lowest BCUT2D eigenvalue weighted by Gasteiger charge is -2.32. The molecule has 3 nitrogen and oxygen atoms in total. The molecular weight excluding hydrogens is 358 g/mol. The van der Waals surface area contributed by atoms with E-state index in [-0.39, 0.29) is 5.78 Å². The number of aromatic nitrogens is 1. The van der Waals surface area contributed by atoms with Crippen LogP contribution in [0, 0.1) is 0 Å². The van der Waals surface area contributed by atoms with E-state index in [0.717, 1.165) is 16.5 Å². The molecule has 0 saturated carbocycles. The molecule has 4 aromatic rings. The fourth-order valence-electron chi connectivity index (χ4n) is 3.63. The molecular formula is C26H21NO2. The highest BCUT2D eigenvalue weighted by molar-refractivity contribution is 6.25. The minimum atomic E-state index is -1.39. The van der Waals surface area contributed by atoms with E-state index in [1.807, 2.05) is 97.1 Å². The van der Waals surface area contributed by atoms with Gasteiger partial charge < -0.3 is 4.74 Å². The van der Waals surface area contributed by atoms with Gasteiger partial charge in [0.15, 0.2) is 5.60 Å². The van der Waals surface area contributed by atoms with Gasteiger partial charge in [0.05, 0.1) is 11.2 Å². The predicted octanol–water partition coefficient (Wildman–Crippen LogP) is 5.41. The maximum Gasteiger partial charge on any atom is 0.205 e. The molecule has 0 amide bonds. The van der Waals surface area contributed by atoms with Crippen molar-refractivity contribution in [1.29, 1.82) is 0 Å². The number of Topliss-reactive ketones (excluding diaryl/α,β-unsaturated/α-hetero) is 1. The van der Waals surface area contributed by atoms with Crippen LogP contribution in [0.1, 0.15) is 16.8 Å². The van der Waals surface area contributed by atoms with Gasteiger partial charge >= 0.3 is 0 Å². The lowest BCUT2D eigenvalue weighted by atomic mass is 9.81. The minimum Gasteiger partial charge on any atom is -0.359 e. The fraction of sp³-hybridized carbons (Fsp3) is 0.0769. The molecule has 1 aromatic heterocycles. The van der Waals surface area contributed by atoms with Crippen molar-refractivity contribution in [2.45, 2.75) is 5.60 Å². The van der Waals surface area contributed by atoms with E-state index in [1.54, 1.807) is 7.11 Å². The van der Waals surface area contributed by atoms with Gasteiger partial charge in [0.25, 0.3) is 0 Å². The fourth-order valence-corrected chi connectivity index (χ4v) is 3.63. The summed E-state index contributed by atoms with van der Waals surface area (Å²) in [4.78, 5) is 18.7. The standard InChI is InChI=1S/C26H21NO2/c1-19(20-11-5-3-6-12-20)25(28)26(29-2,22-14-7-4-8-15-22)24-18-17-21-13-9-10-16-23(21)27-24/h3-18H,1H2,2H3. The Morgan fingerprint density at radius 2 is 1.45 bits per heavy atom. The minimum absolute atomic E-state index is 0.236. The quantitative estimate of drug-likeness (QED) is 0.421. The molecule has 0 radical (unpaired) electrons. The molecule has 0 N–H and O–H groups in total. The Balaban J connectivity index is 1.94. The van der Waals surface area contributed by atoms with Crippen LogP contribution >= 0.6 is 0 Å². The number of nitrogens with zero attached hydrogens (tertiary/aromatic N) is 1. The number of hydrogen-bond acceptors (Lipinski definition) is 3. The number of carbonyl (C=O) groups excluding carboxylic acids is 1. The summed E-state index contributed by atoms with van der Waals surface area (Å²) in [5, 5.41) is 1.00. The van der Waals surface area contributed by atoms with Crippen LogP contribution < -0.4 is 0 Å². The molecule has 4 rings (SSSR count). The van der Waals surface area contributed by atoms with E-state index in [4.69, 9.17) is 9.72 Å². The zero-order chi connectivity index (χ0) is 20.3. The highest BCUT2D eigenvalue weighted by atomic mass is 16.5. The number of methoxy groups -OCH3 is 1. The van der Waals surface area contributed by atoms with Crippen LogP contribution in [0.25, 0.3) is 16.5 Å². The van der Waals surface area contributed by atoms with E-state index >= 15 is 0 Å². The van der Waals surface area contributed by atoms with Crippen LogP contribution in [0.3, 0.4) is 0 Å². The molecule has 142 valence electrons. The molecule has 0 aliphatic carbocycles. The van der Waals surface area contributed by atoms with Gasteiger partial charge in [-0.25, -0.2) is 4.98 Å². The van der Waals surface area contributed by atoms with Gasteiger partial charge in [-0.1, -0.05) is 91.5 Å². The number of rotatable bonds is 6. The highest BCUT2D eigenvalue weighted by Crippen LogP contribution is 2.38. The van der Waals surface area contributed by atoms with Gasteiger partial charge in [-0.05, 0) is 23.3 Å². The van der Waals surface area contributed by atoms with Crippen LogP contribution in [0.2, 0.25) is 0 Å². The number of ketones is 1. The maximum absolute atomic E-state index is 13.9. The van der Waals surface area contributed by atoms with Gasteiger partial charge in [0.1, 0.15) is 0 Å². The normalized spacial score (nSPS) is 13.0. The van der Waals surface area contributed by atoms with Crippen molar-refractivity contribution in [2.75, 3.05) is 7.11 Å². The molecule has 3 heteroatoms. The second-order valence-electron chi connectivity index (χ2n) is 6.81. The number of fused-ring (bicyclic) bond motifs is 1. The summed E-state index contributed by atoms with van der Waals surface area (Å²) in [5.74, 6) is -0.236. The van der Waals surface area contributed by atoms with Crippen LogP contribution in [0.4, 0.5) is 0 Å². The van der Waals surface area contributed by atoms with Gasteiger partial charge in [-0.3, -0.25) is 4.79 Å². The Labute approximate surface area is 170 Å². The zero-order valence-corrected chi connectivity index (χ0v) is 16.2. The Kier molecular flexibility index (Phi) is 5.07. The summed E-state index contributed by atoms with van der Waals surface area (Å²) in [6, 6.07) is 30.5. The monoisotopic (exact) mass is 379 g/mol. The molecule has 3 aromatic carbocycles. The Morgan fingerprint density at radius 3 is 2.14 bits per heavy atom. The first-order valence-corrected chi connectivity index (χ1v) is 9.43. The molecule has 1 unspecified atom stereocenters. The van der Waals surface area contributed by atoms with E-state index in [9.17, 15) is 4.79 Å². The van der Waals surface area contributed by atoms with Crippen molar-refractivity contribution in [2.24, 2.45) is 0 Å². The van der Waals surface area contributed by atoms with Crippen molar-refractivity contribution in [3.63, 3.8) is 0 Å². The summed E-state index contributed by atoms with van der Waals surface area (Å²) >= 11 is 0. The molecule has 29 heavy (non-hydrogen) atoms. The average Bonchev–Trinajstić information content (AvgIpc) is 2.80. The summed E-state index contributed by atoms with van der Waals surface area (Å²) in [6.07, 6.45) is 0. The largest absolute Gasteiger partial charge is 0.359 e. The first-order valence-electron chi connectivity index (χ1n) is 9.43. The number of hydrogen-bond donors (Lipinski definition) is 0. The van der Waals surface area contributed by atoms with Crippen molar-refractivity contribution in [3.05, 3.63) is 120 Å². The Bertz CT molecular complexity index is 1170. The topological polar surface area (TPSA) is 39.2 Å². The predicted molar refractivity (Wildman–Crippen MR) is 116 cm³/mol. The van der Waals surface area contributed by atoms with Gasteiger partial charge in [-0.2, -0.15) is 0 Å². The number of pyridine rings is 1. The SMILES string of the molecule is C=C(C(=O)C(OC)(c1ccccc1)c1ccc2ccccc2n1)c1ccccc1. The highest BCUT2D eigenvalue weighted by Gasteiger charge is 2.45. The van der Waals surface area contributed by atoms with Crippen molar-refractivity contribution in [3.8, 4) is 0 Å². The second kappa shape index (κ2) is 7.82. The third-order valence-corrected chi connectivity index (χ3v) is 5.16. The lowest BCUT2D eigenvalue weighted by molar-refractivity contribution is -0.131. The van der Waals surface area contributed by atoms with Crippen molar-refractivity contribution in [1.82, 2.24) is 4.98 Å². The molecule has 0 saturated heterocycles. The van der Waals surface area contributed by atoms with Crippen LogP contribution in [0.15, 0.2) is 104 Å². The lowest BCUT2D eigenvalue weighted by Crippen LogP contribution is -2.40. The van der Waals surface area contributed by atoms with Gasteiger partial charge in [-0.15, -0.1) is 0 Å². The van der Waals surface area contributed by atoms with Crippen LogP contribution in [0.5, 0.6) is 0 Å². The first-order chi connectivity index (χ1) is 14.2. The Morgan fingerprint density at radius 1 is 0.828 bits per heavy atom. The summed E-state index contributed by atoms with van der Waals surface area (Å²) in [7, 11) is 1.54. The van der Waals surface area contributed by atoms with E-state index in [1.165, 1.54) is 0 Å². The maximum atomic E-state index is 13.9. The zero-order valence-electron chi connectivity index (χ0n) is 16.2. The summed E-state index contributed by atoms with van der Waals surface area (Å²) in [5.41, 5.74) is 1.81. The first kappa shape index (κ1) is 18.8. The van der Waals surface area contributed by atoms with Gasteiger partial charge in [0.2, 0.25) is 5.78 Å². The molecule has 0 bridgehead atoms. The third kappa shape index (κ3) is 3.26. The van der Waals surface area contributed by atoms with Crippen molar-refractivity contribution < 1.29 is 9.53 Å². The van der Waals surface area contributed by atoms with E-state index in [2.05, 4.69) is 6.58 Å².